The lowest BCUT2D eigenvalue weighted by Crippen LogP contribution is -2.42. The van der Waals surface area contributed by atoms with E-state index in [1.54, 1.807) is 12.1 Å². The van der Waals surface area contributed by atoms with E-state index in [9.17, 15) is 9.90 Å². The van der Waals surface area contributed by atoms with Crippen molar-refractivity contribution in [3.05, 3.63) is 65.2 Å². The molecule has 0 unspecified atom stereocenters. The van der Waals surface area contributed by atoms with Gasteiger partial charge in [0.1, 0.15) is 0 Å². The Kier molecular flexibility index (Phi) is 5.16. The Hall–Kier alpha value is -2.33. The van der Waals surface area contributed by atoms with Crippen LogP contribution in [0.2, 0.25) is 0 Å². The van der Waals surface area contributed by atoms with Crippen LogP contribution in [-0.4, -0.2) is 30.2 Å². The van der Waals surface area contributed by atoms with E-state index in [2.05, 4.69) is 41.4 Å². The molecule has 1 aliphatic heterocycles. The first-order valence-electron chi connectivity index (χ1n) is 8.49. The zero-order chi connectivity index (χ0) is 16.9. The maximum atomic E-state index is 11.3. The van der Waals surface area contributed by atoms with Crippen LogP contribution in [0, 0.1) is 6.92 Å². The van der Waals surface area contributed by atoms with Gasteiger partial charge in [-0.05, 0) is 49.1 Å². The molecule has 2 N–H and O–H groups in total. The zero-order valence-electron chi connectivity index (χ0n) is 14.0. The molecule has 24 heavy (non-hydrogen) atoms. The second-order valence-corrected chi connectivity index (χ2v) is 6.44. The van der Waals surface area contributed by atoms with Crippen LogP contribution in [0.25, 0.3) is 0 Å². The highest BCUT2D eigenvalue weighted by atomic mass is 16.4. The number of hydrogen-bond donors (Lipinski definition) is 2. The summed E-state index contributed by atoms with van der Waals surface area (Å²) in [4.78, 5) is 13.7. The fourth-order valence-corrected chi connectivity index (χ4v) is 3.30. The van der Waals surface area contributed by atoms with E-state index in [0.717, 1.165) is 31.5 Å². The molecule has 0 bridgehead atoms. The van der Waals surface area contributed by atoms with Gasteiger partial charge in [0.25, 0.3) is 0 Å². The molecule has 4 heteroatoms. The molecule has 0 spiro atoms. The second kappa shape index (κ2) is 7.49. The van der Waals surface area contributed by atoms with E-state index in [0.29, 0.717) is 18.2 Å². The average molecular weight is 324 g/mol. The molecule has 0 atom stereocenters. The van der Waals surface area contributed by atoms with Crippen molar-refractivity contribution in [3.63, 3.8) is 0 Å². The summed E-state index contributed by atoms with van der Waals surface area (Å²) < 4.78 is 0. The molecular formula is C20H24N2O2. The van der Waals surface area contributed by atoms with E-state index < -0.39 is 5.97 Å². The normalized spacial score (nSPS) is 15.5. The Labute approximate surface area is 143 Å². The van der Waals surface area contributed by atoms with Crippen LogP contribution < -0.4 is 10.2 Å². The summed E-state index contributed by atoms with van der Waals surface area (Å²) in [6, 6.07) is 16.3. The first-order valence-corrected chi connectivity index (χ1v) is 8.49. The quantitative estimate of drug-likeness (QED) is 0.884. The van der Waals surface area contributed by atoms with Gasteiger partial charge in [0, 0.05) is 31.4 Å². The average Bonchev–Trinajstić information content (AvgIpc) is 2.60. The number of carbonyl (C=O) groups is 1. The summed E-state index contributed by atoms with van der Waals surface area (Å²) in [7, 11) is 0. The van der Waals surface area contributed by atoms with Crippen LogP contribution in [0.3, 0.4) is 0 Å². The maximum absolute atomic E-state index is 11.3. The van der Waals surface area contributed by atoms with E-state index in [-0.39, 0.29) is 0 Å². The molecule has 1 heterocycles. The number of aromatic carboxylic acids is 1. The Bertz CT molecular complexity index is 706. The van der Waals surface area contributed by atoms with Crippen LogP contribution in [-0.2, 0) is 6.54 Å². The van der Waals surface area contributed by atoms with Gasteiger partial charge < -0.3 is 15.3 Å². The minimum Gasteiger partial charge on any atom is -0.478 e. The van der Waals surface area contributed by atoms with Crippen LogP contribution in [0.1, 0.15) is 34.3 Å². The molecule has 4 nitrogen and oxygen atoms in total. The summed E-state index contributed by atoms with van der Waals surface area (Å²) in [5.74, 6) is -0.860. The molecule has 3 rings (SSSR count). The second-order valence-electron chi connectivity index (χ2n) is 6.44. The van der Waals surface area contributed by atoms with Gasteiger partial charge in [-0.2, -0.15) is 0 Å². The van der Waals surface area contributed by atoms with Crippen molar-refractivity contribution in [2.24, 2.45) is 0 Å². The summed E-state index contributed by atoms with van der Waals surface area (Å²) in [6.45, 7) is 4.79. The lowest BCUT2D eigenvalue weighted by Gasteiger charge is -2.34. The van der Waals surface area contributed by atoms with Crippen LogP contribution >= 0.6 is 0 Å². The van der Waals surface area contributed by atoms with Gasteiger partial charge in [-0.1, -0.05) is 30.3 Å². The number of nitrogens with one attached hydrogen (secondary N) is 1. The predicted molar refractivity (Wildman–Crippen MR) is 96.7 cm³/mol. The number of piperidine rings is 1. The SMILES string of the molecule is Cc1cccc(N2CCC(NCc3ccccc3C(=O)O)CC2)c1. The first kappa shape index (κ1) is 16.5. The third-order valence-electron chi connectivity index (χ3n) is 4.69. The van der Waals surface area contributed by atoms with Gasteiger partial charge in [-0.15, -0.1) is 0 Å². The van der Waals surface area contributed by atoms with Crippen molar-refractivity contribution in [1.82, 2.24) is 5.32 Å². The fraction of sp³-hybridized carbons (Fsp3) is 0.350. The number of anilines is 1. The third-order valence-corrected chi connectivity index (χ3v) is 4.69. The van der Waals surface area contributed by atoms with E-state index >= 15 is 0 Å². The zero-order valence-corrected chi connectivity index (χ0v) is 14.0. The standard InChI is InChI=1S/C20H24N2O2/c1-15-5-4-7-18(13-15)22-11-9-17(10-12-22)21-14-16-6-2-3-8-19(16)20(23)24/h2-8,13,17,21H,9-12,14H2,1H3,(H,23,24). The number of hydrogen-bond acceptors (Lipinski definition) is 3. The number of benzene rings is 2. The largest absolute Gasteiger partial charge is 0.478 e. The molecule has 2 aromatic rings. The number of nitrogens with zero attached hydrogens (tertiary/aromatic N) is 1. The molecule has 1 fully saturated rings. The maximum Gasteiger partial charge on any atom is 0.336 e. The van der Waals surface area contributed by atoms with Gasteiger partial charge >= 0.3 is 5.97 Å². The number of rotatable bonds is 5. The Morgan fingerprint density at radius 3 is 2.62 bits per heavy atom. The van der Waals surface area contributed by atoms with Gasteiger partial charge in [0.15, 0.2) is 0 Å². The minimum atomic E-state index is -0.860. The number of carboxylic acids is 1. The van der Waals surface area contributed by atoms with Gasteiger partial charge in [-0.3, -0.25) is 0 Å². The first-order chi connectivity index (χ1) is 11.6. The molecular weight excluding hydrogens is 300 g/mol. The van der Waals surface area contributed by atoms with E-state index in [4.69, 9.17) is 0 Å². The Morgan fingerprint density at radius 1 is 1.17 bits per heavy atom. The lowest BCUT2D eigenvalue weighted by molar-refractivity contribution is 0.0695. The predicted octanol–water partition coefficient (Wildman–Crippen LogP) is 3.45. The summed E-state index contributed by atoms with van der Waals surface area (Å²) in [5, 5.41) is 12.8. The molecule has 0 aliphatic carbocycles. The van der Waals surface area contributed by atoms with Gasteiger partial charge in [-0.25, -0.2) is 4.79 Å². The van der Waals surface area contributed by atoms with Crippen molar-refractivity contribution in [2.75, 3.05) is 18.0 Å². The van der Waals surface area contributed by atoms with Crippen molar-refractivity contribution >= 4 is 11.7 Å². The van der Waals surface area contributed by atoms with Crippen LogP contribution in [0.15, 0.2) is 48.5 Å². The molecule has 0 amide bonds. The summed E-state index contributed by atoms with van der Waals surface area (Å²) >= 11 is 0. The number of aryl methyl sites for hydroxylation is 1. The highest BCUT2D eigenvalue weighted by molar-refractivity contribution is 5.89. The molecule has 1 saturated heterocycles. The van der Waals surface area contributed by atoms with Crippen LogP contribution in [0.4, 0.5) is 5.69 Å². The molecule has 1 aliphatic rings. The third kappa shape index (κ3) is 3.95. The monoisotopic (exact) mass is 324 g/mol. The smallest absolute Gasteiger partial charge is 0.336 e. The lowest BCUT2D eigenvalue weighted by atomic mass is 10.0. The molecule has 126 valence electrons. The van der Waals surface area contributed by atoms with Gasteiger partial charge in [0.05, 0.1) is 5.56 Å². The molecule has 0 aromatic heterocycles. The van der Waals surface area contributed by atoms with Crippen molar-refractivity contribution < 1.29 is 9.90 Å². The van der Waals surface area contributed by atoms with Gasteiger partial charge in [0.2, 0.25) is 0 Å². The molecule has 0 saturated carbocycles. The molecule has 2 aromatic carbocycles. The summed E-state index contributed by atoms with van der Waals surface area (Å²) in [6.07, 6.45) is 2.15. The summed E-state index contributed by atoms with van der Waals surface area (Å²) in [5.41, 5.74) is 3.83. The van der Waals surface area contributed by atoms with Crippen LogP contribution in [0.5, 0.6) is 0 Å². The van der Waals surface area contributed by atoms with Crippen molar-refractivity contribution in [1.29, 1.82) is 0 Å². The highest BCUT2D eigenvalue weighted by Crippen LogP contribution is 2.21. The van der Waals surface area contributed by atoms with E-state index in [1.807, 2.05) is 12.1 Å². The molecule has 0 radical (unpaired) electrons. The Balaban J connectivity index is 1.54. The highest BCUT2D eigenvalue weighted by Gasteiger charge is 2.19. The minimum absolute atomic E-state index is 0.391. The Morgan fingerprint density at radius 2 is 1.92 bits per heavy atom. The topological polar surface area (TPSA) is 52.6 Å². The number of carboxylic acid groups (broad SMARTS) is 1. The van der Waals surface area contributed by atoms with Crippen molar-refractivity contribution in [3.8, 4) is 0 Å². The fourth-order valence-electron chi connectivity index (χ4n) is 3.30. The van der Waals surface area contributed by atoms with Crippen molar-refractivity contribution in [2.45, 2.75) is 32.4 Å². The van der Waals surface area contributed by atoms with E-state index in [1.165, 1.54) is 11.3 Å².